The lowest BCUT2D eigenvalue weighted by molar-refractivity contribution is -0.118. The van der Waals surface area contributed by atoms with E-state index >= 15 is 0 Å². The molecule has 1 atom stereocenters. The molecule has 1 rings (SSSR count). The number of carbonyl (C=O) groups is 1. The zero-order chi connectivity index (χ0) is 12.0. The van der Waals surface area contributed by atoms with Gasteiger partial charge < -0.3 is 16.2 Å². The molecule has 1 aromatic carbocycles. The van der Waals surface area contributed by atoms with E-state index in [9.17, 15) is 4.79 Å². The van der Waals surface area contributed by atoms with Crippen molar-refractivity contribution in [3.05, 3.63) is 29.8 Å². The van der Waals surface area contributed by atoms with E-state index in [1.807, 2.05) is 31.2 Å². The van der Waals surface area contributed by atoms with E-state index in [1.165, 1.54) is 0 Å². The fourth-order valence-electron chi connectivity index (χ4n) is 1.39. The van der Waals surface area contributed by atoms with Gasteiger partial charge in [0, 0.05) is 12.5 Å². The van der Waals surface area contributed by atoms with Crippen molar-refractivity contribution in [2.75, 3.05) is 6.61 Å². The van der Waals surface area contributed by atoms with E-state index < -0.39 is 5.91 Å². The summed E-state index contributed by atoms with van der Waals surface area (Å²) >= 11 is 0. The maximum Gasteiger partial charge on any atom is 0.219 e. The normalized spacial score (nSPS) is 12.1. The molecule has 0 heterocycles. The smallest absolute Gasteiger partial charge is 0.219 e. The Hall–Kier alpha value is -1.55. The minimum atomic E-state index is -0.396. The Balaban J connectivity index is 2.69. The van der Waals surface area contributed by atoms with Crippen LogP contribution in [0.25, 0.3) is 0 Å². The quantitative estimate of drug-likeness (QED) is 0.762. The number of ether oxygens (including phenoxy) is 1. The summed E-state index contributed by atoms with van der Waals surface area (Å²) in [6.45, 7) is 2.72. The van der Waals surface area contributed by atoms with Gasteiger partial charge in [0.25, 0.3) is 0 Å². The van der Waals surface area contributed by atoms with Crippen LogP contribution >= 0.6 is 0 Å². The van der Waals surface area contributed by atoms with E-state index in [1.54, 1.807) is 0 Å². The molecule has 0 aliphatic rings. The summed E-state index contributed by atoms with van der Waals surface area (Å²) in [6.07, 6.45) is 1.11. The highest BCUT2D eigenvalue weighted by molar-refractivity contribution is 5.74. The molecule has 4 nitrogen and oxygen atoms in total. The van der Waals surface area contributed by atoms with Gasteiger partial charge in [-0.05, 0) is 24.1 Å². The first-order chi connectivity index (χ1) is 7.63. The number of benzene rings is 1. The molecule has 88 valence electrons. The topological polar surface area (TPSA) is 78.3 Å². The Morgan fingerprint density at radius 3 is 2.88 bits per heavy atom. The Morgan fingerprint density at radius 1 is 1.50 bits per heavy atom. The molecule has 4 N–H and O–H groups in total. The summed E-state index contributed by atoms with van der Waals surface area (Å²) in [5, 5.41) is 0. The molecule has 0 aliphatic carbocycles. The fraction of sp³-hybridized carbons (Fsp3) is 0.417. The molecule has 1 amide bonds. The zero-order valence-corrected chi connectivity index (χ0v) is 9.48. The van der Waals surface area contributed by atoms with Crippen LogP contribution in [0.5, 0.6) is 5.75 Å². The number of carbonyl (C=O) groups excluding carboxylic acids is 1. The van der Waals surface area contributed by atoms with Crippen LogP contribution < -0.4 is 16.2 Å². The predicted octanol–water partition coefficient (Wildman–Crippen LogP) is 1.35. The van der Waals surface area contributed by atoms with Crippen molar-refractivity contribution < 1.29 is 9.53 Å². The summed E-state index contributed by atoms with van der Waals surface area (Å²) in [6, 6.07) is 7.09. The number of amides is 1. The van der Waals surface area contributed by atoms with Crippen LogP contribution in [0.15, 0.2) is 24.3 Å². The molecule has 0 fully saturated rings. The molecule has 4 heteroatoms. The van der Waals surface area contributed by atoms with Crippen molar-refractivity contribution in [2.45, 2.75) is 25.8 Å². The minimum Gasteiger partial charge on any atom is -0.494 e. The van der Waals surface area contributed by atoms with Crippen LogP contribution in [-0.2, 0) is 4.79 Å². The summed E-state index contributed by atoms with van der Waals surface area (Å²) in [7, 11) is 0. The zero-order valence-electron chi connectivity index (χ0n) is 9.48. The molecule has 1 aromatic rings. The second-order valence-corrected chi connectivity index (χ2v) is 3.70. The number of hydrogen-bond acceptors (Lipinski definition) is 3. The summed E-state index contributed by atoms with van der Waals surface area (Å²) in [4.78, 5) is 10.8. The monoisotopic (exact) mass is 222 g/mol. The first-order valence-electron chi connectivity index (χ1n) is 5.40. The molecule has 0 aliphatic heterocycles. The molecule has 0 spiro atoms. The highest BCUT2D eigenvalue weighted by Gasteiger charge is 2.09. The van der Waals surface area contributed by atoms with Crippen LogP contribution in [0.1, 0.15) is 31.4 Å². The molecule has 0 aromatic heterocycles. The van der Waals surface area contributed by atoms with Gasteiger partial charge in [-0.15, -0.1) is 0 Å². The van der Waals surface area contributed by atoms with Gasteiger partial charge in [0.1, 0.15) is 5.75 Å². The van der Waals surface area contributed by atoms with E-state index in [0.717, 1.165) is 17.7 Å². The predicted molar refractivity (Wildman–Crippen MR) is 63.0 cm³/mol. The molecule has 0 saturated carbocycles. The average molecular weight is 222 g/mol. The molecule has 0 bridgehead atoms. The van der Waals surface area contributed by atoms with Crippen LogP contribution in [0.3, 0.4) is 0 Å². The van der Waals surface area contributed by atoms with Crippen molar-refractivity contribution in [1.29, 1.82) is 0 Å². The largest absolute Gasteiger partial charge is 0.494 e. The van der Waals surface area contributed by atoms with Crippen molar-refractivity contribution in [2.24, 2.45) is 11.5 Å². The van der Waals surface area contributed by atoms with Crippen LogP contribution in [0, 0.1) is 0 Å². The number of rotatable bonds is 6. The summed E-state index contributed by atoms with van der Waals surface area (Å²) in [5.74, 6) is 0.381. The van der Waals surface area contributed by atoms with Crippen molar-refractivity contribution in [3.8, 4) is 5.75 Å². The van der Waals surface area contributed by atoms with Gasteiger partial charge in [0.2, 0.25) is 5.91 Å². The summed E-state index contributed by atoms with van der Waals surface area (Å²) < 4.78 is 5.48. The Labute approximate surface area is 95.6 Å². The number of hydrogen-bond donors (Lipinski definition) is 2. The van der Waals surface area contributed by atoms with Gasteiger partial charge in [-0.1, -0.05) is 19.1 Å². The molecular formula is C12H18N2O2. The molecule has 0 unspecified atom stereocenters. The number of primary amides is 1. The van der Waals surface area contributed by atoms with Crippen molar-refractivity contribution in [3.63, 3.8) is 0 Å². The molecule has 16 heavy (non-hydrogen) atoms. The molecule has 0 radical (unpaired) electrons. The van der Waals surface area contributed by atoms with Crippen LogP contribution in [0.4, 0.5) is 0 Å². The van der Waals surface area contributed by atoms with Gasteiger partial charge in [-0.3, -0.25) is 4.79 Å². The minimum absolute atomic E-state index is 0.150. The van der Waals surface area contributed by atoms with Crippen molar-refractivity contribution >= 4 is 5.91 Å². The average Bonchev–Trinajstić information content (AvgIpc) is 2.26. The summed E-state index contributed by atoms with van der Waals surface area (Å²) in [5.41, 5.74) is 11.8. The third-order valence-electron chi connectivity index (χ3n) is 2.18. The number of nitrogens with two attached hydrogens (primary N) is 2. The van der Waals surface area contributed by atoms with E-state index in [4.69, 9.17) is 16.2 Å². The van der Waals surface area contributed by atoms with Gasteiger partial charge >= 0.3 is 0 Å². The molecule has 0 saturated heterocycles. The SMILES string of the molecule is CCCOc1cccc([C@H](N)CC(N)=O)c1. The van der Waals surface area contributed by atoms with Crippen molar-refractivity contribution in [1.82, 2.24) is 0 Å². The maximum absolute atomic E-state index is 10.8. The standard InChI is InChI=1S/C12H18N2O2/c1-2-6-16-10-5-3-4-9(7-10)11(13)8-12(14)15/h3-5,7,11H,2,6,8,13H2,1H3,(H2,14,15)/t11-/m1/s1. The lowest BCUT2D eigenvalue weighted by atomic mass is 10.0. The maximum atomic E-state index is 10.8. The Bertz CT molecular complexity index is 353. The van der Waals surface area contributed by atoms with Gasteiger partial charge in [0.15, 0.2) is 0 Å². The first kappa shape index (κ1) is 12.5. The van der Waals surface area contributed by atoms with Gasteiger partial charge in [-0.2, -0.15) is 0 Å². The third-order valence-corrected chi connectivity index (χ3v) is 2.18. The lowest BCUT2D eigenvalue weighted by Gasteiger charge is -2.11. The fourth-order valence-corrected chi connectivity index (χ4v) is 1.39. The second kappa shape index (κ2) is 6.12. The Morgan fingerprint density at radius 2 is 2.25 bits per heavy atom. The van der Waals surface area contributed by atoms with E-state index in [-0.39, 0.29) is 12.5 Å². The van der Waals surface area contributed by atoms with Gasteiger partial charge in [-0.25, -0.2) is 0 Å². The third kappa shape index (κ3) is 3.90. The van der Waals surface area contributed by atoms with Crippen LogP contribution in [0.2, 0.25) is 0 Å². The van der Waals surface area contributed by atoms with Gasteiger partial charge in [0.05, 0.1) is 6.61 Å². The first-order valence-corrected chi connectivity index (χ1v) is 5.40. The highest BCUT2D eigenvalue weighted by atomic mass is 16.5. The molecular weight excluding hydrogens is 204 g/mol. The highest BCUT2D eigenvalue weighted by Crippen LogP contribution is 2.19. The van der Waals surface area contributed by atoms with E-state index in [2.05, 4.69) is 0 Å². The van der Waals surface area contributed by atoms with Crippen LogP contribution in [-0.4, -0.2) is 12.5 Å². The Kier molecular flexibility index (Phi) is 4.79. The lowest BCUT2D eigenvalue weighted by Crippen LogP contribution is -2.20. The second-order valence-electron chi connectivity index (χ2n) is 3.70. The van der Waals surface area contributed by atoms with E-state index in [0.29, 0.717) is 6.61 Å².